The van der Waals surface area contributed by atoms with Crippen LogP contribution in [0.3, 0.4) is 0 Å². The molecule has 43 heavy (non-hydrogen) atoms. The molecule has 0 saturated heterocycles. The number of oxime groups is 1. The standard InChI is InChI=1S/C32H43N3O8/c1-30-12-9-21(17-20(30)6-7-22-23(30)10-13-31(2)24(22)11-14-32(31,3)39)34-43-18-28(37)33-25(29(38)42-4)15-19-5-8-27(36)26(16-19)35(40)41/h5,8-9,12,16-17,22-25,35-36,39-40H,6-7,10-11,13-15,18H2,1-4H3,(H,33,37)/t22-,23-,24-,25-,30-,31-,32-/m0/s1. The Morgan fingerprint density at radius 3 is 2.65 bits per heavy atom. The Morgan fingerprint density at radius 1 is 1.19 bits per heavy atom. The molecule has 11 heteroatoms. The van der Waals surface area contributed by atoms with Crippen molar-refractivity contribution in [3.8, 4) is 5.75 Å². The lowest BCUT2D eigenvalue weighted by Crippen LogP contribution is -2.99. The smallest absolute Gasteiger partial charge is 0.328 e. The van der Waals surface area contributed by atoms with Crippen molar-refractivity contribution in [3.63, 3.8) is 0 Å². The van der Waals surface area contributed by atoms with Gasteiger partial charge in [-0.15, -0.1) is 0 Å². The van der Waals surface area contributed by atoms with E-state index in [2.05, 4.69) is 36.5 Å². The van der Waals surface area contributed by atoms with Gasteiger partial charge in [0, 0.05) is 17.9 Å². The molecule has 4 aliphatic rings. The first kappa shape index (κ1) is 31.2. The predicted molar refractivity (Wildman–Crippen MR) is 157 cm³/mol. The molecule has 5 N–H and O–H groups in total. The highest BCUT2D eigenvalue weighted by atomic mass is 16.8. The molecule has 3 fully saturated rings. The zero-order valence-corrected chi connectivity index (χ0v) is 25.3. The molecule has 3 saturated carbocycles. The van der Waals surface area contributed by atoms with Crippen molar-refractivity contribution in [2.45, 2.75) is 77.4 Å². The number of nitrogens with one attached hydrogen (secondary N) is 2. The highest BCUT2D eigenvalue weighted by Crippen LogP contribution is 2.66. The Balaban J connectivity index is 1.20. The first-order valence-corrected chi connectivity index (χ1v) is 15.0. The molecule has 1 aromatic carbocycles. The van der Waals surface area contributed by atoms with E-state index in [1.807, 2.05) is 13.0 Å². The number of aliphatic hydroxyl groups is 1. The summed E-state index contributed by atoms with van der Waals surface area (Å²) in [7, 11) is 1.19. The summed E-state index contributed by atoms with van der Waals surface area (Å²) >= 11 is 0. The summed E-state index contributed by atoms with van der Waals surface area (Å²) in [6.07, 6.45) is 12.3. The van der Waals surface area contributed by atoms with E-state index in [1.54, 1.807) is 0 Å². The van der Waals surface area contributed by atoms with Crippen molar-refractivity contribution in [1.29, 1.82) is 0 Å². The number of quaternary nitrogens is 1. The molecule has 4 aliphatic carbocycles. The number of phenols is 1. The van der Waals surface area contributed by atoms with E-state index in [4.69, 9.17) is 9.57 Å². The number of ether oxygens (including phenoxy) is 1. The number of methoxy groups -OCH3 is 1. The number of fused-ring (bicyclic) bond motifs is 5. The molecule has 11 nitrogen and oxygen atoms in total. The molecule has 0 aliphatic heterocycles. The first-order chi connectivity index (χ1) is 20.3. The number of carbonyl (C=O) groups is 2. The summed E-state index contributed by atoms with van der Waals surface area (Å²) < 4.78 is 4.81. The predicted octanol–water partition coefficient (Wildman–Crippen LogP) is 2.86. The van der Waals surface area contributed by atoms with Crippen LogP contribution in [0.1, 0.15) is 64.9 Å². The Hall–Kier alpha value is -3.25. The lowest BCUT2D eigenvalue weighted by Gasteiger charge is -2.58. The van der Waals surface area contributed by atoms with Crippen molar-refractivity contribution >= 4 is 23.3 Å². The minimum absolute atomic E-state index is 0.0243. The van der Waals surface area contributed by atoms with Crippen molar-refractivity contribution in [1.82, 2.24) is 5.32 Å². The second-order valence-electron chi connectivity index (χ2n) is 13.3. The van der Waals surface area contributed by atoms with Gasteiger partial charge in [-0.25, -0.2) is 10.0 Å². The molecular weight excluding hydrogens is 554 g/mol. The van der Waals surface area contributed by atoms with Gasteiger partial charge in [-0.3, -0.25) is 4.79 Å². The molecule has 1 unspecified atom stereocenters. The Labute approximate surface area is 251 Å². The van der Waals surface area contributed by atoms with E-state index >= 15 is 0 Å². The van der Waals surface area contributed by atoms with Gasteiger partial charge in [0.15, 0.2) is 12.4 Å². The largest absolute Gasteiger partial charge is 0.595 e. The van der Waals surface area contributed by atoms with Crippen LogP contribution in [0, 0.1) is 33.8 Å². The van der Waals surface area contributed by atoms with Crippen molar-refractivity contribution < 1.29 is 39.8 Å². The molecule has 1 aromatic rings. The fraction of sp³-hybridized carbons (Fsp3) is 0.594. The van der Waals surface area contributed by atoms with Gasteiger partial charge >= 0.3 is 5.97 Å². The molecule has 0 heterocycles. The van der Waals surface area contributed by atoms with Gasteiger partial charge in [-0.2, -0.15) is 5.23 Å². The Kier molecular flexibility index (Phi) is 8.47. The highest BCUT2D eigenvalue weighted by molar-refractivity contribution is 6.05. The Morgan fingerprint density at radius 2 is 1.93 bits per heavy atom. The van der Waals surface area contributed by atoms with Crippen LogP contribution in [0.2, 0.25) is 0 Å². The summed E-state index contributed by atoms with van der Waals surface area (Å²) in [6, 6.07) is 2.85. The lowest BCUT2D eigenvalue weighted by atomic mass is 9.47. The van der Waals surface area contributed by atoms with Crippen molar-refractivity contribution in [3.05, 3.63) is 52.8 Å². The average Bonchev–Trinajstić information content (AvgIpc) is 3.21. The quantitative estimate of drug-likeness (QED) is 0.173. The van der Waals surface area contributed by atoms with E-state index < -0.39 is 41.1 Å². The number of hydrogen-bond acceptors (Lipinski definition) is 9. The monoisotopic (exact) mass is 597 g/mol. The summed E-state index contributed by atoms with van der Waals surface area (Å²) in [4.78, 5) is 30.3. The number of amides is 1. The number of rotatable bonds is 8. The number of allylic oxidation sites excluding steroid dienone is 4. The number of hydrogen-bond donors (Lipinski definition) is 5. The van der Waals surface area contributed by atoms with Crippen LogP contribution in [0.5, 0.6) is 5.75 Å². The normalized spacial score (nSPS) is 35.2. The molecule has 0 aromatic heterocycles. The van der Waals surface area contributed by atoms with Crippen LogP contribution >= 0.6 is 0 Å². The Bertz CT molecular complexity index is 1350. The number of phenolic OH excluding ortho intramolecular Hbond substituents is 1. The molecule has 8 atom stereocenters. The van der Waals surface area contributed by atoms with Crippen LogP contribution in [-0.2, 0) is 25.6 Å². The average molecular weight is 598 g/mol. The molecule has 1 amide bonds. The number of nitrogens with zero attached hydrogens (tertiary/aromatic N) is 1. The van der Waals surface area contributed by atoms with E-state index in [-0.39, 0.29) is 22.9 Å². The molecule has 0 spiro atoms. The number of esters is 1. The molecule has 0 bridgehead atoms. The number of carbonyl (C=O) groups excluding carboxylic acids is 2. The minimum atomic E-state index is -1.31. The SMILES string of the molecule is COC(=O)[C@H](Cc1ccc(O)c([NH+]([O-])O)c1)NC(=O)CON=C1C=C[C@@]2(C)C(=C1)CC[C@H]1[C@@H]2CC[C@@]2(C)[C@H]1CC[C@]2(C)O. The van der Waals surface area contributed by atoms with Crippen LogP contribution in [0.15, 0.2) is 47.2 Å². The zero-order valence-electron chi connectivity index (χ0n) is 25.3. The summed E-state index contributed by atoms with van der Waals surface area (Å²) in [6.45, 7) is 6.20. The van der Waals surface area contributed by atoms with Gasteiger partial charge in [0.25, 0.3) is 5.91 Å². The third kappa shape index (κ3) is 5.71. The number of benzene rings is 1. The lowest BCUT2D eigenvalue weighted by molar-refractivity contribution is -0.991. The van der Waals surface area contributed by atoms with E-state index in [0.29, 0.717) is 29.0 Å². The summed E-state index contributed by atoms with van der Waals surface area (Å²) in [5.74, 6) is -0.0622. The van der Waals surface area contributed by atoms with Gasteiger partial charge in [0.05, 0.1) is 12.7 Å². The number of aromatic hydroxyl groups is 1. The fourth-order valence-corrected chi connectivity index (χ4v) is 8.36. The fourth-order valence-electron chi connectivity index (χ4n) is 8.36. The van der Waals surface area contributed by atoms with Gasteiger partial charge in [-0.1, -0.05) is 36.7 Å². The minimum Gasteiger partial charge on any atom is -0.595 e. The van der Waals surface area contributed by atoms with Crippen LogP contribution in [0.25, 0.3) is 0 Å². The van der Waals surface area contributed by atoms with Crippen LogP contribution < -0.4 is 10.5 Å². The molecule has 0 radical (unpaired) electrons. The van der Waals surface area contributed by atoms with Crippen LogP contribution in [-0.4, -0.2) is 58.4 Å². The van der Waals surface area contributed by atoms with Gasteiger partial charge < -0.3 is 30.3 Å². The van der Waals surface area contributed by atoms with Gasteiger partial charge in [0.1, 0.15) is 11.8 Å². The van der Waals surface area contributed by atoms with Crippen LogP contribution in [0.4, 0.5) is 5.69 Å². The van der Waals surface area contributed by atoms with E-state index in [9.17, 15) is 30.2 Å². The maximum Gasteiger partial charge on any atom is 0.328 e. The van der Waals surface area contributed by atoms with Crippen molar-refractivity contribution in [2.24, 2.45) is 33.7 Å². The zero-order chi connectivity index (χ0) is 31.2. The molecule has 5 rings (SSSR count). The topological polar surface area (TPSA) is 165 Å². The highest BCUT2D eigenvalue weighted by Gasteiger charge is 2.62. The second-order valence-corrected chi connectivity index (χ2v) is 13.3. The summed E-state index contributed by atoms with van der Waals surface area (Å²) in [5.41, 5.74) is 1.36. The molecule has 234 valence electrons. The van der Waals surface area contributed by atoms with Crippen molar-refractivity contribution in [2.75, 3.05) is 13.7 Å². The summed E-state index contributed by atoms with van der Waals surface area (Å²) in [5, 5.41) is 46.9. The van der Waals surface area contributed by atoms with E-state index in [1.165, 1.54) is 30.9 Å². The van der Waals surface area contributed by atoms with E-state index in [0.717, 1.165) is 38.5 Å². The van der Waals surface area contributed by atoms with Gasteiger partial charge in [-0.05, 0) is 92.4 Å². The maximum atomic E-state index is 12.6. The first-order valence-electron chi connectivity index (χ1n) is 15.0. The third-order valence-electron chi connectivity index (χ3n) is 11.0. The third-order valence-corrected chi connectivity index (χ3v) is 11.0. The second kappa shape index (κ2) is 11.7. The molecular formula is C32H43N3O8. The van der Waals surface area contributed by atoms with Gasteiger partial charge in [0.2, 0.25) is 5.69 Å². The maximum absolute atomic E-state index is 12.6.